The number of rotatable bonds is 1. The van der Waals surface area contributed by atoms with E-state index in [1.165, 1.54) is 6.07 Å². The fourth-order valence-corrected chi connectivity index (χ4v) is 2.23. The van der Waals surface area contributed by atoms with E-state index in [4.69, 9.17) is 5.73 Å². The molecule has 1 heterocycles. The topological polar surface area (TPSA) is 32.5 Å². The number of hydrogen-bond acceptors (Lipinski definition) is 3. The Morgan fingerprint density at radius 1 is 1.29 bits per heavy atom. The monoisotopic (exact) mass is 237 g/mol. The molecule has 1 fully saturated rings. The van der Waals surface area contributed by atoms with Gasteiger partial charge in [-0.25, -0.2) is 4.39 Å². The van der Waals surface area contributed by atoms with Crippen molar-refractivity contribution in [3.05, 3.63) is 24.0 Å². The smallest absolute Gasteiger partial charge is 0.148 e. The number of nitrogens with zero attached hydrogens (tertiary/aromatic N) is 2. The molecule has 1 aromatic rings. The van der Waals surface area contributed by atoms with Gasteiger partial charge in [0, 0.05) is 30.9 Å². The van der Waals surface area contributed by atoms with Crippen LogP contribution in [0.25, 0.3) is 0 Å². The maximum absolute atomic E-state index is 13.8. The van der Waals surface area contributed by atoms with Gasteiger partial charge in [-0.1, -0.05) is 0 Å². The molecule has 0 aromatic heterocycles. The summed E-state index contributed by atoms with van der Waals surface area (Å²) in [6.45, 7) is 6.96. The van der Waals surface area contributed by atoms with Gasteiger partial charge in [0.25, 0.3) is 0 Å². The Labute approximate surface area is 102 Å². The van der Waals surface area contributed by atoms with Crippen LogP contribution in [0.4, 0.5) is 15.8 Å². The Bertz CT molecular complexity index is 417. The first-order valence-corrected chi connectivity index (χ1v) is 5.91. The quantitative estimate of drug-likeness (QED) is 0.758. The molecule has 4 heteroatoms. The number of halogens is 1. The molecule has 2 N–H and O–H groups in total. The van der Waals surface area contributed by atoms with Crippen molar-refractivity contribution in [3.8, 4) is 0 Å². The van der Waals surface area contributed by atoms with Gasteiger partial charge >= 0.3 is 0 Å². The molecule has 17 heavy (non-hydrogen) atoms. The average molecular weight is 237 g/mol. The van der Waals surface area contributed by atoms with E-state index < -0.39 is 0 Å². The zero-order chi connectivity index (χ0) is 12.6. The molecule has 0 bridgehead atoms. The van der Waals surface area contributed by atoms with Crippen LogP contribution in [0.5, 0.6) is 0 Å². The van der Waals surface area contributed by atoms with Crippen molar-refractivity contribution in [2.45, 2.75) is 19.4 Å². The number of likely N-dealkylation sites (N-methyl/N-ethyl adjacent to an activating group) is 1. The van der Waals surface area contributed by atoms with Crippen LogP contribution in [-0.2, 0) is 0 Å². The van der Waals surface area contributed by atoms with Gasteiger partial charge in [0.15, 0.2) is 0 Å². The maximum Gasteiger partial charge on any atom is 0.148 e. The molecular weight excluding hydrogens is 217 g/mol. The highest BCUT2D eigenvalue weighted by atomic mass is 19.1. The molecule has 0 saturated carbocycles. The molecule has 1 saturated heterocycles. The van der Waals surface area contributed by atoms with Gasteiger partial charge in [0.05, 0.1) is 5.69 Å². The van der Waals surface area contributed by atoms with Crippen molar-refractivity contribution in [1.82, 2.24) is 4.90 Å². The van der Waals surface area contributed by atoms with Crippen molar-refractivity contribution < 1.29 is 4.39 Å². The highest BCUT2D eigenvalue weighted by Gasteiger charge is 2.31. The lowest BCUT2D eigenvalue weighted by Gasteiger charge is -2.46. The predicted molar refractivity (Wildman–Crippen MR) is 69.7 cm³/mol. The summed E-state index contributed by atoms with van der Waals surface area (Å²) in [4.78, 5) is 4.40. The molecule has 1 aliphatic heterocycles. The van der Waals surface area contributed by atoms with Crippen molar-refractivity contribution in [2.75, 3.05) is 37.3 Å². The van der Waals surface area contributed by atoms with Crippen molar-refractivity contribution in [3.63, 3.8) is 0 Å². The van der Waals surface area contributed by atoms with Gasteiger partial charge in [0.1, 0.15) is 5.82 Å². The number of piperazine rings is 1. The second kappa shape index (κ2) is 4.18. The number of benzene rings is 1. The molecule has 0 radical (unpaired) electrons. The van der Waals surface area contributed by atoms with E-state index >= 15 is 0 Å². The molecular formula is C13H20FN3. The summed E-state index contributed by atoms with van der Waals surface area (Å²) in [6, 6.07) is 4.91. The Kier molecular flexibility index (Phi) is 3.00. The largest absolute Gasteiger partial charge is 0.399 e. The SMILES string of the molecule is CN1CCN(c2ccc(N)cc2F)CC1(C)C. The molecule has 94 valence electrons. The van der Waals surface area contributed by atoms with E-state index in [-0.39, 0.29) is 11.4 Å². The first kappa shape index (κ1) is 12.2. The van der Waals surface area contributed by atoms with Crippen LogP contribution in [0, 0.1) is 5.82 Å². The Morgan fingerprint density at radius 2 is 2.00 bits per heavy atom. The second-order valence-electron chi connectivity index (χ2n) is 5.37. The van der Waals surface area contributed by atoms with Crippen LogP contribution in [-0.4, -0.2) is 37.1 Å². The predicted octanol–water partition coefficient (Wildman–Crippen LogP) is 1.94. The molecule has 0 atom stereocenters. The highest BCUT2D eigenvalue weighted by Crippen LogP contribution is 2.27. The zero-order valence-corrected chi connectivity index (χ0v) is 10.7. The van der Waals surface area contributed by atoms with Gasteiger partial charge in [-0.05, 0) is 39.1 Å². The Hall–Kier alpha value is -1.29. The third-order valence-electron chi connectivity index (χ3n) is 3.63. The third-order valence-corrected chi connectivity index (χ3v) is 3.63. The zero-order valence-electron chi connectivity index (χ0n) is 10.7. The average Bonchev–Trinajstić information content (AvgIpc) is 2.22. The minimum absolute atomic E-state index is 0.0616. The molecule has 0 spiro atoms. The lowest BCUT2D eigenvalue weighted by Crippen LogP contribution is -2.57. The summed E-state index contributed by atoms with van der Waals surface area (Å²) < 4.78 is 13.8. The number of hydrogen-bond donors (Lipinski definition) is 1. The lowest BCUT2D eigenvalue weighted by molar-refractivity contribution is 0.138. The van der Waals surface area contributed by atoms with Crippen LogP contribution < -0.4 is 10.6 Å². The van der Waals surface area contributed by atoms with Gasteiger partial charge in [-0.3, -0.25) is 4.90 Å². The number of anilines is 2. The van der Waals surface area contributed by atoms with Crippen LogP contribution in [0.3, 0.4) is 0 Å². The molecule has 0 amide bonds. The van der Waals surface area contributed by atoms with E-state index in [2.05, 4.69) is 30.7 Å². The first-order valence-electron chi connectivity index (χ1n) is 5.91. The fraction of sp³-hybridized carbons (Fsp3) is 0.538. The summed E-state index contributed by atoms with van der Waals surface area (Å²) >= 11 is 0. The van der Waals surface area contributed by atoms with Gasteiger partial charge in [0.2, 0.25) is 0 Å². The van der Waals surface area contributed by atoms with Crippen molar-refractivity contribution in [2.24, 2.45) is 0 Å². The minimum Gasteiger partial charge on any atom is -0.399 e. The van der Waals surface area contributed by atoms with E-state index in [0.29, 0.717) is 11.4 Å². The van der Waals surface area contributed by atoms with Crippen LogP contribution >= 0.6 is 0 Å². The summed E-state index contributed by atoms with van der Waals surface area (Å²) in [5, 5.41) is 0. The van der Waals surface area contributed by atoms with E-state index in [0.717, 1.165) is 19.6 Å². The Morgan fingerprint density at radius 3 is 2.59 bits per heavy atom. The van der Waals surface area contributed by atoms with Crippen LogP contribution in [0.1, 0.15) is 13.8 Å². The molecule has 1 aromatic carbocycles. The number of nitrogens with two attached hydrogens (primary N) is 1. The Balaban J connectivity index is 2.24. The maximum atomic E-state index is 13.8. The van der Waals surface area contributed by atoms with Crippen molar-refractivity contribution in [1.29, 1.82) is 0 Å². The summed E-state index contributed by atoms with van der Waals surface area (Å²) in [5.74, 6) is -0.231. The van der Waals surface area contributed by atoms with Gasteiger partial charge < -0.3 is 10.6 Å². The van der Waals surface area contributed by atoms with Gasteiger partial charge in [-0.15, -0.1) is 0 Å². The molecule has 3 nitrogen and oxygen atoms in total. The van der Waals surface area contributed by atoms with Crippen molar-refractivity contribution >= 4 is 11.4 Å². The fourth-order valence-electron chi connectivity index (χ4n) is 2.23. The van der Waals surface area contributed by atoms with E-state index in [1.807, 2.05) is 0 Å². The minimum atomic E-state index is -0.231. The summed E-state index contributed by atoms with van der Waals surface area (Å²) in [7, 11) is 2.11. The summed E-state index contributed by atoms with van der Waals surface area (Å²) in [5.41, 5.74) is 6.75. The second-order valence-corrected chi connectivity index (χ2v) is 5.37. The molecule has 2 rings (SSSR count). The molecule has 0 aliphatic carbocycles. The lowest BCUT2D eigenvalue weighted by atomic mass is 9.99. The van der Waals surface area contributed by atoms with Gasteiger partial charge in [-0.2, -0.15) is 0 Å². The van der Waals surface area contributed by atoms with E-state index in [9.17, 15) is 4.39 Å². The standard InChI is InChI=1S/C13H20FN3/c1-13(2)9-17(7-6-16(13)3)12-5-4-10(15)8-11(12)14/h4-5,8H,6-7,9,15H2,1-3H3. The van der Waals surface area contributed by atoms with Crippen LogP contribution in [0.2, 0.25) is 0 Å². The summed E-state index contributed by atoms with van der Waals surface area (Å²) in [6.07, 6.45) is 0. The number of nitrogen functional groups attached to an aromatic ring is 1. The molecule has 0 unspecified atom stereocenters. The third kappa shape index (κ3) is 2.36. The first-order chi connectivity index (χ1) is 7.90. The van der Waals surface area contributed by atoms with E-state index in [1.54, 1.807) is 12.1 Å². The van der Waals surface area contributed by atoms with Crippen LogP contribution in [0.15, 0.2) is 18.2 Å². The molecule has 1 aliphatic rings. The normalized spacial score (nSPS) is 20.6. The highest BCUT2D eigenvalue weighted by molar-refractivity contribution is 5.55.